The molecule has 1 atom stereocenters. The van der Waals surface area contributed by atoms with E-state index in [1.54, 1.807) is 10.7 Å². The summed E-state index contributed by atoms with van der Waals surface area (Å²) < 4.78 is 15.4. The van der Waals surface area contributed by atoms with Gasteiger partial charge in [0.25, 0.3) is 5.91 Å². The summed E-state index contributed by atoms with van der Waals surface area (Å²) in [5.74, 6) is -0.573. The lowest BCUT2D eigenvalue weighted by atomic mass is 10.0. The fourth-order valence-electron chi connectivity index (χ4n) is 4.21. The Bertz CT molecular complexity index is 1110. The van der Waals surface area contributed by atoms with Crippen LogP contribution >= 0.6 is 0 Å². The van der Waals surface area contributed by atoms with Crippen LogP contribution in [0.5, 0.6) is 0 Å². The second-order valence-corrected chi connectivity index (χ2v) is 7.85. The van der Waals surface area contributed by atoms with Crippen molar-refractivity contribution in [2.75, 3.05) is 6.61 Å². The Morgan fingerprint density at radius 2 is 1.97 bits per heavy atom. The number of allylic oxidation sites excluding steroid dienone is 1. The normalized spacial score (nSPS) is 15.9. The van der Waals surface area contributed by atoms with E-state index in [0.29, 0.717) is 5.69 Å². The van der Waals surface area contributed by atoms with E-state index in [1.165, 1.54) is 12.1 Å². The third-order valence-corrected chi connectivity index (χ3v) is 5.67. The van der Waals surface area contributed by atoms with Crippen LogP contribution in [0.15, 0.2) is 54.6 Å². The topological polar surface area (TPSA) is 67.2 Å². The van der Waals surface area contributed by atoms with E-state index in [9.17, 15) is 14.3 Å². The van der Waals surface area contributed by atoms with Crippen molar-refractivity contribution in [3.63, 3.8) is 0 Å². The first-order valence-electron chi connectivity index (χ1n) is 10.6. The number of rotatable bonds is 5. The summed E-state index contributed by atoms with van der Waals surface area (Å²) >= 11 is 0. The highest BCUT2D eigenvalue weighted by Crippen LogP contribution is 2.33. The smallest absolute Gasteiger partial charge is 0.272 e. The van der Waals surface area contributed by atoms with Crippen molar-refractivity contribution in [1.29, 1.82) is 0 Å². The van der Waals surface area contributed by atoms with Gasteiger partial charge in [0, 0.05) is 12.6 Å². The Labute approximate surface area is 181 Å². The molecule has 1 aliphatic rings. The first-order valence-corrected chi connectivity index (χ1v) is 10.6. The van der Waals surface area contributed by atoms with Crippen LogP contribution in [0.1, 0.15) is 58.2 Å². The second-order valence-electron chi connectivity index (χ2n) is 7.85. The molecule has 1 heterocycles. The molecule has 0 saturated carbocycles. The predicted molar refractivity (Wildman–Crippen MR) is 119 cm³/mol. The Balaban J connectivity index is 1.68. The summed E-state index contributed by atoms with van der Waals surface area (Å²) in [5.41, 5.74) is 4.90. The number of halogens is 1. The number of aromatic nitrogens is 2. The van der Waals surface area contributed by atoms with Gasteiger partial charge in [0.2, 0.25) is 0 Å². The largest absolute Gasteiger partial charge is 0.394 e. The minimum atomic E-state index is -0.501. The van der Waals surface area contributed by atoms with Crippen molar-refractivity contribution in [2.24, 2.45) is 7.05 Å². The fraction of sp³-hybridized carbons (Fsp3) is 0.280. The number of carbonyl (C=O) groups is 1. The quantitative estimate of drug-likeness (QED) is 0.607. The van der Waals surface area contributed by atoms with E-state index in [2.05, 4.69) is 10.4 Å². The molecule has 31 heavy (non-hydrogen) atoms. The molecule has 2 N–H and O–H groups in total. The van der Waals surface area contributed by atoms with Crippen LogP contribution in [0.4, 0.5) is 4.39 Å². The summed E-state index contributed by atoms with van der Waals surface area (Å²) in [6.07, 6.45) is 5.51. The number of benzene rings is 2. The minimum absolute atomic E-state index is 0.199. The van der Waals surface area contributed by atoms with Gasteiger partial charge in [-0.25, -0.2) is 4.39 Å². The van der Waals surface area contributed by atoms with Gasteiger partial charge in [-0.15, -0.1) is 0 Å². The lowest BCUT2D eigenvalue weighted by molar-refractivity contribution is 0.0909. The van der Waals surface area contributed by atoms with Crippen LogP contribution in [0.3, 0.4) is 0 Å². The summed E-state index contributed by atoms with van der Waals surface area (Å²) in [6, 6.07) is 15.4. The van der Waals surface area contributed by atoms with Gasteiger partial charge in [0.15, 0.2) is 5.69 Å². The van der Waals surface area contributed by atoms with Crippen LogP contribution in [0.2, 0.25) is 0 Å². The number of aryl methyl sites for hydroxylation is 1. The summed E-state index contributed by atoms with van der Waals surface area (Å²) in [5, 5.41) is 17.3. The summed E-state index contributed by atoms with van der Waals surface area (Å²) in [7, 11) is 1.83. The van der Waals surface area contributed by atoms with E-state index in [-0.39, 0.29) is 18.3 Å². The number of carbonyl (C=O) groups excluding carboxylic acids is 1. The molecule has 3 aromatic rings. The van der Waals surface area contributed by atoms with Crippen LogP contribution in [0.25, 0.3) is 11.6 Å². The molecule has 1 aromatic heterocycles. The van der Waals surface area contributed by atoms with Crippen molar-refractivity contribution in [3.05, 3.63) is 88.5 Å². The molecule has 160 valence electrons. The number of nitrogens with zero attached hydrogens (tertiary/aromatic N) is 2. The Morgan fingerprint density at radius 3 is 2.71 bits per heavy atom. The third-order valence-electron chi connectivity index (χ3n) is 5.67. The van der Waals surface area contributed by atoms with Crippen molar-refractivity contribution < 1.29 is 14.3 Å². The van der Waals surface area contributed by atoms with Gasteiger partial charge in [-0.1, -0.05) is 42.5 Å². The second kappa shape index (κ2) is 9.27. The average molecular weight is 420 g/mol. The molecule has 4 rings (SSSR count). The number of hydrogen-bond acceptors (Lipinski definition) is 3. The zero-order valence-electron chi connectivity index (χ0n) is 17.5. The molecule has 1 aliphatic carbocycles. The zero-order valence-corrected chi connectivity index (χ0v) is 17.5. The standard InChI is InChI=1S/C25H26FN3O2/c1-29-24-19(14-17-8-7-12-20(26)15-17)11-5-6-13-21(24)23(28-29)25(31)27-22(16-30)18-9-3-2-4-10-18/h2-4,7-10,12,14-15,22,30H,5-6,11,13,16H2,1H3,(H,27,31)/t22-/m0/s1. The highest BCUT2D eigenvalue weighted by atomic mass is 19.1. The number of hydrogen-bond donors (Lipinski definition) is 2. The predicted octanol–water partition coefficient (Wildman–Crippen LogP) is 4.29. The van der Waals surface area contributed by atoms with Crippen molar-refractivity contribution in [3.8, 4) is 0 Å². The van der Waals surface area contributed by atoms with E-state index in [0.717, 1.165) is 53.6 Å². The molecule has 5 nitrogen and oxygen atoms in total. The first kappa shape index (κ1) is 21.0. The van der Waals surface area contributed by atoms with Crippen LogP contribution in [0, 0.1) is 5.82 Å². The summed E-state index contributed by atoms with van der Waals surface area (Å²) in [6.45, 7) is -0.199. The lowest BCUT2D eigenvalue weighted by Gasteiger charge is -2.16. The molecule has 0 unspecified atom stereocenters. The van der Waals surface area contributed by atoms with Gasteiger partial charge < -0.3 is 10.4 Å². The van der Waals surface area contributed by atoms with Gasteiger partial charge in [-0.05, 0) is 60.6 Å². The molecule has 0 radical (unpaired) electrons. The zero-order chi connectivity index (χ0) is 21.8. The third kappa shape index (κ3) is 4.59. The van der Waals surface area contributed by atoms with Crippen LogP contribution in [-0.2, 0) is 13.5 Å². The first-order chi connectivity index (χ1) is 15.1. The molecule has 0 saturated heterocycles. The molecule has 1 amide bonds. The monoisotopic (exact) mass is 419 g/mol. The molecule has 0 spiro atoms. The van der Waals surface area contributed by atoms with Crippen molar-refractivity contribution in [2.45, 2.75) is 31.7 Å². The van der Waals surface area contributed by atoms with Gasteiger partial charge >= 0.3 is 0 Å². The van der Waals surface area contributed by atoms with Gasteiger partial charge in [0.05, 0.1) is 18.3 Å². The summed E-state index contributed by atoms with van der Waals surface area (Å²) in [4.78, 5) is 13.1. The number of aliphatic hydroxyl groups excluding tert-OH is 1. The van der Waals surface area contributed by atoms with Crippen molar-refractivity contribution >= 4 is 17.6 Å². The molecule has 0 bridgehead atoms. The molecule has 0 aliphatic heterocycles. The van der Waals surface area contributed by atoms with Crippen LogP contribution in [-0.4, -0.2) is 27.4 Å². The highest BCUT2D eigenvalue weighted by molar-refractivity contribution is 5.96. The highest BCUT2D eigenvalue weighted by Gasteiger charge is 2.27. The maximum Gasteiger partial charge on any atom is 0.272 e. The SMILES string of the molecule is Cn1nc(C(=O)N[C@@H](CO)c2ccccc2)c2c1C(=Cc1cccc(F)c1)CCCC2. The van der Waals surface area contributed by atoms with Crippen LogP contribution < -0.4 is 5.32 Å². The Morgan fingerprint density at radius 1 is 1.19 bits per heavy atom. The maximum absolute atomic E-state index is 13.7. The van der Waals surface area contributed by atoms with Gasteiger partial charge in [0.1, 0.15) is 5.82 Å². The average Bonchev–Trinajstić information content (AvgIpc) is 2.96. The number of amides is 1. The molecular formula is C25H26FN3O2. The van der Waals surface area contributed by atoms with E-state index < -0.39 is 6.04 Å². The number of nitrogens with one attached hydrogen (secondary N) is 1. The molecule has 2 aromatic carbocycles. The van der Waals surface area contributed by atoms with E-state index >= 15 is 0 Å². The van der Waals surface area contributed by atoms with Gasteiger partial charge in [-0.2, -0.15) is 5.10 Å². The number of fused-ring (bicyclic) bond motifs is 1. The van der Waals surface area contributed by atoms with E-state index in [1.807, 2.05) is 49.5 Å². The fourth-order valence-corrected chi connectivity index (χ4v) is 4.21. The molecule has 6 heteroatoms. The van der Waals surface area contributed by atoms with Gasteiger partial charge in [-0.3, -0.25) is 9.48 Å². The minimum Gasteiger partial charge on any atom is -0.394 e. The van der Waals surface area contributed by atoms with Crippen molar-refractivity contribution in [1.82, 2.24) is 15.1 Å². The Hall–Kier alpha value is -3.25. The lowest BCUT2D eigenvalue weighted by Crippen LogP contribution is -2.31. The molecular weight excluding hydrogens is 393 g/mol. The van der Waals surface area contributed by atoms with E-state index in [4.69, 9.17) is 0 Å². The molecule has 0 fully saturated rings. The Kier molecular flexibility index (Phi) is 6.28. The maximum atomic E-state index is 13.7. The number of aliphatic hydroxyl groups is 1.